The van der Waals surface area contributed by atoms with Gasteiger partial charge in [-0.1, -0.05) is 19.7 Å². The molecular formula is C16H23O8P. The van der Waals surface area contributed by atoms with Gasteiger partial charge in [-0.25, -0.2) is 9.82 Å². The molecule has 0 aromatic rings. The Labute approximate surface area is 146 Å². The van der Waals surface area contributed by atoms with Crippen LogP contribution in [0.5, 0.6) is 0 Å². The number of phosphoric acid groups is 1. The van der Waals surface area contributed by atoms with Gasteiger partial charge in [0.1, 0.15) is 0 Å². The standard InChI is InChI=1S/C16H23O8P/c1-8-22-25(21,24-20)23-16(14(18)11(4)5,15(19)12(6)7)9-13(17)10(2)3/h20H,2,4,6,8-9H2,1,3,5,7H3. The van der Waals surface area contributed by atoms with E-state index in [1.165, 1.54) is 27.7 Å². The highest BCUT2D eigenvalue weighted by Gasteiger charge is 2.54. The molecule has 0 bridgehead atoms. The summed E-state index contributed by atoms with van der Waals surface area (Å²) in [5.74, 6) is -2.75. The lowest BCUT2D eigenvalue weighted by molar-refractivity contribution is -0.180. The van der Waals surface area contributed by atoms with Crippen LogP contribution in [0.4, 0.5) is 0 Å². The lowest BCUT2D eigenvalue weighted by Gasteiger charge is -2.32. The summed E-state index contributed by atoms with van der Waals surface area (Å²) in [5, 5.41) is 8.88. The van der Waals surface area contributed by atoms with E-state index in [0.29, 0.717) is 0 Å². The second kappa shape index (κ2) is 9.12. The summed E-state index contributed by atoms with van der Waals surface area (Å²) in [6, 6.07) is 0. The fraction of sp³-hybridized carbons (Fsp3) is 0.438. The van der Waals surface area contributed by atoms with E-state index in [9.17, 15) is 18.9 Å². The smallest absolute Gasteiger partial charge is 0.294 e. The minimum absolute atomic E-state index is 0.0353. The Kier molecular flexibility index (Phi) is 8.50. The van der Waals surface area contributed by atoms with Crippen LogP contribution < -0.4 is 0 Å². The molecule has 1 unspecified atom stereocenters. The summed E-state index contributed by atoms with van der Waals surface area (Å²) in [6.07, 6.45) is -0.833. The highest BCUT2D eigenvalue weighted by Crippen LogP contribution is 2.53. The molecule has 0 aromatic heterocycles. The van der Waals surface area contributed by atoms with Crippen LogP contribution in [0.25, 0.3) is 0 Å². The average Bonchev–Trinajstić information content (AvgIpc) is 2.52. The van der Waals surface area contributed by atoms with Crippen molar-refractivity contribution in [1.82, 2.24) is 0 Å². The van der Waals surface area contributed by atoms with Gasteiger partial charge in [0.15, 0.2) is 17.3 Å². The van der Waals surface area contributed by atoms with Gasteiger partial charge in [0.05, 0.1) is 13.0 Å². The first-order valence-corrected chi connectivity index (χ1v) is 8.70. The molecule has 140 valence electrons. The zero-order valence-electron chi connectivity index (χ0n) is 14.8. The van der Waals surface area contributed by atoms with Crippen LogP contribution in [-0.4, -0.2) is 34.8 Å². The largest absolute Gasteiger partial charge is 0.503 e. The van der Waals surface area contributed by atoms with Gasteiger partial charge in [-0.2, -0.15) is 0 Å². The predicted molar refractivity (Wildman–Crippen MR) is 90.8 cm³/mol. The van der Waals surface area contributed by atoms with Gasteiger partial charge in [0.2, 0.25) is 5.60 Å². The van der Waals surface area contributed by atoms with E-state index < -0.39 is 37.2 Å². The number of ketones is 3. The van der Waals surface area contributed by atoms with Crippen molar-refractivity contribution in [2.45, 2.75) is 39.7 Å². The van der Waals surface area contributed by atoms with E-state index in [0.717, 1.165) is 0 Å². The van der Waals surface area contributed by atoms with E-state index in [4.69, 9.17) is 14.3 Å². The number of Topliss-reactive ketones (excluding diaryl/α,β-unsaturated/α-hetero) is 3. The van der Waals surface area contributed by atoms with Crippen molar-refractivity contribution < 1.29 is 37.9 Å². The second-order valence-electron chi connectivity index (χ2n) is 5.46. The van der Waals surface area contributed by atoms with Crippen molar-refractivity contribution in [2.75, 3.05) is 6.61 Å². The van der Waals surface area contributed by atoms with Crippen molar-refractivity contribution in [3.05, 3.63) is 36.5 Å². The third kappa shape index (κ3) is 5.66. The molecule has 0 aliphatic heterocycles. The van der Waals surface area contributed by atoms with E-state index in [-0.39, 0.29) is 23.3 Å². The van der Waals surface area contributed by atoms with Crippen molar-refractivity contribution >= 4 is 25.2 Å². The number of phosphoric ester groups is 1. The Hall–Kier alpha value is -1.70. The molecule has 25 heavy (non-hydrogen) atoms. The minimum Gasteiger partial charge on any atom is -0.294 e. The molecule has 0 saturated heterocycles. The van der Waals surface area contributed by atoms with Crippen LogP contribution in [0, 0.1) is 0 Å². The number of hydrogen-bond donors (Lipinski definition) is 1. The van der Waals surface area contributed by atoms with Gasteiger partial charge in [0, 0.05) is 0 Å². The van der Waals surface area contributed by atoms with Gasteiger partial charge in [0.25, 0.3) is 0 Å². The fourth-order valence-corrected chi connectivity index (χ4v) is 2.92. The zero-order valence-corrected chi connectivity index (χ0v) is 15.7. The molecule has 0 amide bonds. The first-order valence-electron chi connectivity index (χ1n) is 7.24. The quantitative estimate of drug-likeness (QED) is 0.182. The normalized spacial score (nSPS) is 13.6. The Morgan fingerprint density at radius 1 is 1.00 bits per heavy atom. The second-order valence-corrected chi connectivity index (χ2v) is 6.96. The molecule has 0 spiro atoms. The summed E-state index contributed by atoms with van der Waals surface area (Å²) in [4.78, 5) is 37.5. The van der Waals surface area contributed by atoms with Crippen molar-refractivity contribution in [2.24, 2.45) is 0 Å². The average molecular weight is 374 g/mol. The number of allylic oxidation sites excluding steroid dienone is 1. The Morgan fingerprint density at radius 3 is 1.72 bits per heavy atom. The molecule has 0 radical (unpaired) electrons. The lowest BCUT2D eigenvalue weighted by Crippen LogP contribution is -2.51. The van der Waals surface area contributed by atoms with Crippen LogP contribution >= 0.6 is 7.82 Å². The van der Waals surface area contributed by atoms with Crippen LogP contribution in [0.3, 0.4) is 0 Å². The SMILES string of the molecule is C=C(C)C(=O)CC(OP(=O)(OO)OCC)(C(=O)C(=C)C)C(=O)C(=C)C. The summed E-state index contributed by atoms with van der Waals surface area (Å²) in [5.41, 5.74) is -2.87. The maximum Gasteiger partial charge on any atom is 0.503 e. The van der Waals surface area contributed by atoms with Gasteiger partial charge in [-0.3, -0.25) is 23.4 Å². The van der Waals surface area contributed by atoms with E-state index in [1.807, 2.05) is 0 Å². The summed E-state index contributed by atoms with van der Waals surface area (Å²) in [7, 11) is -4.75. The van der Waals surface area contributed by atoms with Crippen LogP contribution in [0.2, 0.25) is 0 Å². The fourth-order valence-electron chi connectivity index (χ4n) is 1.86. The molecule has 0 saturated carbocycles. The molecule has 9 heteroatoms. The first kappa shape index (κ1) is 23.3. The molecule has 0 fully saturated rings. The Morgan fingerprint density at radius 2 is 1.44 bits per heavy atom. The van der Waals surface area contributed by atoms with Crippen LogP contribution in [0.1, 0.15) is 34.1 Å². The molecule has 8 nitrogen and oxygen atoms in total. The third-order valence-corrected chi connectivity index (χ3v) is 4.36. The summed E-state index contributed by atoms with van der Waals surface area (Å²) < 4.78 is 25.9. The van der Waals surface area contributed by atoms with Crippen molar-refractivity contribution in [1.29, 1.82) is 0 Å². The topological polar surface area (TPSA) is 116 Å². The van der Waals surface area contributed by atoms with E-state index >= 15 is 0 Å². The maximum absolute atomic E-state index is 12.7. The highest BCUT2D eigenvalue weighted by molar-refractivity contribution is 7.48. The summed E-state index contributed by atoms with van der Waals surface area (Å²) in [6.45, 7) is 15.4. The molecule has 0 aliphatic rings. The van der Waals surface area contributed by atoms with Gasteiger partial charge in [-0.05, 0) is 44.4 Å². The molecule has 1 atom stereocenters. The number of carbonyl (C=O) groups is 3. The molecule has 0 aromatic carbocycles. The minimum atomic E-state index is -4.75. The first-order chi connectivity index (χ1) is 11.4. The molecular weight excluding hydrogens is 351 g/mol. The van der Waals surface area contributed by atoms with Crippen molar-refractivity contribution in [3.8, 4) is 0 Å². The summed E-state index contributed by atoms with van der Waals surface area (Å²) >= 11 is 0. The van der Waals surface area contributed by atoms with Gasteiger partial charge >= 0.3 is 7.82 Å². The Balaban J connectivity index is 6.50. The van der Waals surface area contributed by atoms with Gasteiger partial charge < -0.3 is 0 Å². The lowest BCUT2D eigenvalue weighted by atomic mass is 9.81. The number of rotatable bonds is 12. The van der Waals surface area contributed by atoms with Crippen LogP contribution in [0.15, 0.2) is 36.5 Å². The molecule has 1 N–H and O–H groups in total. The predicted octanol–water partition coefficient (Wildman–Crippen LogP) is 3.20. The van der Waals surface area contributed by atoms with Gasteiger partial charge in [-0.15, -0.1) is 4.67 Å². The highest BCUT2D eigenvalue weighted by atomic mass is 31.2. The number of hydrogen-bond acceptors (Lipinski definition) is 8. The van der Waals surface area contributed by atoms with E-state index in [2.05, 4.69) is 24.4 Å². The molecule has 0 rings (SSSR count). The van der Waals surface area contributed by atoms with Crippen LogP contribution in [-0.2, 0) is 32.7 Å². The molecule has 0 heterocycles. The maximum atomic E-state index is 12.7. The van der Waals surface area contributed by atoms with E-state index in [1.54, 1.807) is 0 Å². The zero-order chi connectivity index (χ0) is 20.0. The number of carbonyl (C=O) groups excluding carboxylic acids is 3. The monoisotopic (exact) mass is 374 g/mol. The molecule has 0 aliphatic carbocycles. The Bertz CT molecular complexity index is 635. The third-order valence-electron chi connectivity index (χ3n) is 3.05. The van der Waals surface area contributed by atoms with Crippen molar-refractivity contribution in [3.63, 3.8) is 0 Å².